The minimum atomic E-state index is -0.0988. The number of morpholine rings is 1. The lowest BCUT2D eigenvalue weighted by molar-refractivity contribution is -0.113. The lowest BCUT2D eigenvalue weighted by atomic mass is 10.1. The van der Waals surface area contributed by atoms with Gasteiger partial charge in [-0.3, -0.25) is 4.79 Å². The van der Waals surface area contributed by atoms with Crippen molar-refractivity contribution in [3.05, 3.63) is 57.2 Å². The van der Waals surface area contributed by atoms with Crippen LogP contribution in [0.1, 0.15) is 11.1 Å². The van der Waals surface area contributed by atoms with E-state index in [2.05, 4.69) is 65.2 Å². The van der Waals surface area contributed by atoms with Crippen molar-refractivity contribution in [1.29, 1.82) is 0 Å². The van der Waals surface area contributed by atoms with Gasteiger partial charge in [0.25, 0.3) is 0 Å². The van der Waals surface area contributed by atoms with Gasteiger partial charge in [0.2, 0.25) is 17.8 Å². The quantitative estimate of drug-likeness (QED) is 0.316. The number of aromatic nitrogens is 3. The minimum absolute atomic E-state index is 0.0988. The van der Waals surface area contributed by atoms with Crippen molar-refractivity contribution >= 4 is 63.5 Å². The van der Waals surface area contributed by atoms with Gasteiger partial charge >= 0.3 is 0 Å². The molecule has 0 unspecified atom stereocenters. The lowest BCUT2D eigenvalue weighted by Gasteiger charge is -2.27. The SMILES string of the molecule is Cc1cc(I)cc(C)c1NC(=O)CSc1nc(Nc2ccccc2)nc(N2CCOCC2)n1. The van der Waals surface area contributed by atoms with Gasteiger partial charge < -0.3 is 20.3 Å². The number of para-hydroxylation sites is 1. The standard InChI is InChI=1S/C23H25IN6O2S/c1-15-12-17(24)13-16(2)20(15)26-19(31)14-33-23-28-21(25-18-6-4-3-5-7-18)27-22(29-23)30-8-10-32-11-9-30/h3-7,12-13H,8-11,14H2,1-2H3,(H,26,31)(H,25,27,28,29). The predicted molar refractivity (Wildman–Crippen MR) is 141 cm³/mol. The molecule has 4 rings (SSSR count). The monoisotopic (exact) mass is 576 g/mol. The van der Waals surface area contributed by atoms with Crippen LogP contribution in [-0.4, -0.2) is 52.9 Å². The van der Waals surface area contributed by atoms with Crippen molar-refractivity contribution in [2.75, 3.05) is 47.6 Å². The van der Waals surface area contributed by atoms with Crippen LogP contribution in [0, 0.1) is 17.4 Å². The van der Waals surface area contributed by atoms with Crippen LogP contribution in [0.5, 0.6) is 0 Å². The van der Waals surface area contributed by atoms with Gasteiger partial charge in [0.1, 0.15) is 0 Å². The van der Waals surface area contributed by atoms with Crippen LogP contribution < -0.4 is 15.5 Å². The van der Waals surface area contributed by atoms with Crippen molar-refractivity contribution in [3.63, 3.8) is 0 Å². The van der Waals surface area contributed by atoms with E-state index in [4.69, 9.17) is 4.74 Å². The molecule has 8 nitrogen and oxygen atoms in total. The molecule has 1 fully saturated rings. The summed E-state index contributed by atoms with van der Waals surface area (Å²) >= 11 is 3.57. The smallest absolute Gasteiger partial charge is 0.234 e. The number of hydrogen-bond donors (Lipinski definition) is 2. The van der Waals surface area contributed by atoms with E-state index in [1.807, 2.05) is 44.2 Å². The Hall–Kier alpha value is -2.44. The largest absolute Gasteiger partial charge is 0.378 e. The average Bonchev–Trinajstić information content (AvgIpc) is 2.81. The van der Waals surface area contributed by atoms with E-state index in [0.29, 0.717) is 43.4 Å². The van der Waals surface area contributed by atoms with E-state index in [-0.39, 0.29) is 11.7 Å². The molecule has 33 heavy (non-hydrogen) atoms. The average molecular weight is 576 g/mol. The molecule has 3 aromatic rings. The van der Waals surface area contributed by atoms with Gasteiger partial charge in [0.05, 0.1) is 19.0 Å². The number of carbonyl (C=O) groups excluding carboxylic acids is 1. The fourth-order valence-electron chi connectivity index (χ4n) is 3.44. The Morgan fingerprint density at radius 1 is 1.09 bits per heavy atom. The van der Waals surface area contributed by atoms with Crippen molar-refractivity contribution in [1.82, 2.24) is 15.0 Å². The van der Waals surface area contributed by atoms with Crippen molar-refractivity contribution in [3.8, 4) is 0 Å². The van der Waals surface area contributed by atoms with Gasteiger partial charge in [-0.1, -0.05) is 30.0 Å². The van der Waals surface area contributed by atoms with Crippen LogP contribution in [0.25, 0.3) is 0 Å². The zero-order valence-corrected chi connectivity index (χ0v) is 21.4. The third-order valence-corrected chi connectivity index (χ3v) is 6.49. The molecule has 2 N–H and O–H groups in total. The Kier molecular flexibility index (Phi) is 7.99. The topological polar surface area (TPSA) is 92.3 Å². The number of nitrogens with one attached hydrogen (secondary N) is 2. The zero-order valence-electron chi connectivity index (χ0n) is 18.5. The summed E-state index contributed by atoms with van der Waals surface area (Å²) in [5.41, 5.74) is 3.83. The third kappa shape index (κ3) is 6.55. The lowest BCUT2D eigenvalue weighted by Crippen LogP contribution is -2.37. The first kappa shape index (κ1) is 23.7. The first-order valence-electron chi connectivity index (χ1n) is 10.6. The van der Waals surface area contributed by atoms with Gasteiger partial charge in [-0.05, 0) is 71.8 Å². The molecule has 1 saturated heterocycles. The molecule has 0 aliphatic carbocycles. The van der Waals surface area contributed by atoms with Crippen LogP contribution in [0.2, 0.25) is 0 Å². The van der Waals surface area contributed by atoms with Crippen molar-refractivity contribution < 1.29 is 9.53 Å². The second-order valence-electron chi connectivity index (χ2n) is 7.58. The summed E-state index contributed by atoms with van der Waals surface area (Å²) in [4.78, 5) is 28.5. The summed E-state index contributed by atoms with van der Waals surface area (Å²) in [6.45, 7) is 6.69. The molecular weight excluding hydrogens is 551 g/mol. The number of benzene rings is 2. The Labute approximate surface area is 211 Å². The number of rotatable bonds is 7. The highest BCUT2D eigenvalue weighted by molar-refractivity contribution is 14.1. The maximum absolute atomic E-state index is 12.7. The van der Waals surface area contributed by atoms with Gasteiger partial charge in [0, 0.05) is 28.0 Å². The Morgan fingerprint density at radius 3 is 2.48 bits per heavy atom. The molecule has 10 heteroatoms. The highest BCUT2D eigenvalue weighted by Gasteiger charge is 2.18. The van der Waals surface area contributed by atoms with Crippen LogP contribution >= 0.6 is 34.4 Å². The normalized spacial score (nSPS) is 13.6. The number of carbonyl (C=O) groups is 1. The summed E-state index contributed by atoms with van der Waals surface area (Å²) in [6, 6.07) is 13.8. The van der Waals surface area contributed by atoms with Crippen LogP contribution in [0.4, 0.5) is 23.3 Å². The maximum atomic E-state index is 12.7. The fourth-order valence-corrected chi connectivity index (χ4v) is 5.00. The summed E-state index contributed by atoms with van der Waals surface area (Å²) in [7, 11) is 0. The number of thioether (sulfide) groups is 1. The molecular formula is C23H25IN6O2S. The molecule has 2 heterocycles. The Balaban J connectivity index is 1.49. The third-order valence-electron chi connectivity index (χ3n) is 5.02. The van der Waals surface area contributed by atoms with Gasteiger partial charge in [0.15, 0.2) is 5.16 Å². The molecule has 1 aromatic heterocycles. The summed E-state index contributed by atoms with van der Waals surface area (Å²) in [5, 5.41) is 6.76. The maximum Gasteiger partial charge on any atom is 0.234 e. The van der Waals surface area contributed by atoms with E-state index in [0.717, 1.165) is 26.1 Å². The van der Waals surface area contributed by atoms with Crippen LogP contribution in [-0.2, 0) is 9.53 Å². The van der Waals surface area contributed by atoms with E-state index >= 15 is 0 Å². The second kappa shape index (κ2) is 11.1. The van der Waals surface area contributed by atoms with E-state index in [1.54, 1.807) is 0 Å². The van der Waals surface area contributed by atoms with Crippen LogP contribution in [0.15, 0.2) is 47.6 Å². The molecule has 1 aliphatic rings. The number of halogens is 1. The first-order chi connectivity index (χ1) is 16.0. The molecule has 0 atom stereocenters. The molecule has 1 aliphatic heterocycles. The number of ether oxygens (including phenoxy) is 1. The molecule has 0 radical (unpaired) electrons. The highest BCUT2D eigenvalue weighted by atomic mass is 127. The van der Waals surface area contributed by atoms with Crippen molar-refractivity contribution in [2.45, 2.75) is 19.0 Å². The second-order valence-corrected chi connectivity index (χ2v) is 9.77. The fraction of sp³-hybridized carbons (Fsp3) is 0.304. The molecule has 172 valence electrons. The van der Waals surface area contributed by atoms with Gasteiger partial charge in [-0.25, -0.2) is 0 Å². The zero-order chi connectivity index (χ0) is 23.2. The number of amides is 1. The summed E-state index contributed by atoms with van der Waals surface area (Å²) < 4.78 is 6.60. The van der Waals surface area contributed by atoms with Gasteiger partial charge in [-0.15, -0.1) is 0 Å². The first-order valence-corrected chi connectivity index (χ1v) is 12.6. The molecule has 1 amide bonds. The minimum Gasteiger partial charge on any atom is -0.378 e. The Bertz CT molecular complexity index is 1100. The molecule has 2 aromatic carbocycles. The highest BCUT2D eigenvalue weighted by Crippen LogP contribution is 2.25. The molecule has 0 bridgehead atoms. The number of hydrogen-bond acceptors (Lipinski definition) is 8. The number of aryl methyl sites for hydroxylation is 2. The summed E-state index contributed by atoms with van der Waals surface area (Å²) in [5.74, 6) is 1.13. The number of nitrogens with zero attached hydrogens (tertiary/aromatic N) is 4. The van der Waals surface area contributed by atoms with E-state index < -0.39 is 0 Å². The Morgan fingerprint density at radius 2 is 1.79 bits per heavy atom. The predicted octanol–water partition coefficient (Wildman–Crippen LogP) is 4.40. The van der Waals surface area contributed by atoms with E-state index in [9.17, 15) is 4.79 Å². The van der Waals surface area contributed by atoms with Crippen LogP contribution in [0.3, 0.4) is 0 Å². The van der Waals surface area contributed by atoms with Gasteiger partial charge in [-0.2, -0.15) is 15.0 Å². The number of anilines is 4. The summed E-state index contributed by atoms with van der Waals surface area (Å²) in [6.07, 6.45) is 0. The molecule has 0 spiro atoms. The van der Waals surface area contributed by atoms with E-state index in [1.165, 1.54) is 11.8 Å². The molecule has 0 saturated carbocycles. The van der Waals surface area contributed by atoms with Crippen molar-refractivity contribution in [2.24, 2.45) is 0 Å².